The van der Waals surface area contributed by atoms with Gasteiger partial charge in [0.25, 0.3) is 0 Å². The number of carbonyl (C=O) groups excluding carboxylic acids is 1. The molecule has 0 heterocycles. The largest absolute Gasteiger partial charge is 0.460 e. The Bertz CT molecular complexity index is 2420. The predicted molar refractivity (Wildman–Crippen MR) is 258 cm³/mol. The lowest BCUT2D eigenvalue weighted by Gasteiger charge is -2.35. The average Bonchev–Trinajstić information content (AvgIpc) is 3.25. The molecule has 6 aromatic rings. The summed E-state index contributed by atoms with van der Waals surface area (Å²) in [5.74, 6) is -0.134. The molecule has 0 radical (unpaired) electrons. The van der Waals surface area contributed by atoms with E-state index < -0.39 is 5.41 Å². The normalized spacial score (nSPS) is 16.0. The van der Waals surface area contributed by atoms with Gasteiger partial charge < -0.3 is 26.0 Å². The lowest BCUT2D eigenvalue weighted by Crippen LogP contribution is -2.42. The van der Waals surface area contributed by atoms with Crippen molar-refractivity contribution in [3.05, 3.63) is 159 Å². The highest BCUT2D eigenvalue weighted by Gasteiger charge is 2.34. The van der Waals surface area contributed by atoms with Gasteiger partial charge in [-0.2, -0.15) is 0 Å². The number of aryl methyl sites for hydroxylation is 5. The summed E-state index contributed by atoms with van der Waals surface area (Å²) in [6.45, 7) is 20.9. The second-order valence-electron chi connectivity index (χ2n) is 18.1. The van der Waals surface area contributed by atoms with Gasteiger partial charge in [-0.15, -0.1) is 0 Å². The van der Waals surface area contributed by atoms with Gasteiger partial charge in [0.15, 0.2) is 0 Å². The van der Waals surface area contributed by atoms with E-state index in [0.717, 1.165) is 73.6 Å². The minimum absolute atomic E-state index is 0.0293. The van der Waals surface area contributed by atoms with Crippen molar-refractivity contribution >= 4 is 45.2 Å². The molecule has 3 unspecified atom stereocenters. The molecule has 6 aromatic carbocycles. The van der Waals surface area contributed by atoms with Crippen molar-refractivity contribution in [2.45, 2.75) is 119 Å². The molecule has 0 saturated heterocycles. The van der Waals surface area contributed by atoms with Crippen LogP contribution in [0.1, 0.15) is 116 Å². The Balaban J connectivity index is 1.24. The molecule has 1 saturated carbocycles. The van der Waals surface area contributed by atoms with Gasteiger partial charge in [0.2, 0.25) is 0 Å². The molecule has 1 aliphatic rings. The number of carbonyl (C=O) groups is 1. The zero-order chi connectivity index (χ0) is 43.3. The number of nitrogens with one attached hydrogen (secondary N) is 4. The summed E-state index contributed by atoms with van der Waals surface area (Å²) in [6.07, 6.45) is 4.61. The van der Waals surface area contributed by atoms with Crippen LogP contribution >= 0.6 is 0 Å². The average molecular weight is 815 g/mol. The summed E-state index contributed by atoms with van der Waals surface area (Å²) in [5.41, 5.74) is 16.2. The third-order valence-corrected chi connectivity index (χ3v) is 12.9. The first-order valence-electron chi connectivity index (χ1n) is 22.5. The van der Waals surface area contributed by atoms with Crippen LogP contribution in [0.4, 0.5) is 28.4 Å². The molecule has 6 nitrogen and oxygen atoms in total. The Labute approximate surface area is 364 Å². The number of hydrogen-bond acceptors (Lipinski definition) is 6. The Morgan fingerprint density at radius 2 is 1.23 bits per heavy atom. The summed E-state index contributed by atoms with van der Waals surface area (Å²) < 4.78 is 6.25. The van der Waals surface area contributed by atoms with Crippen LogP contribution in [0.2, 0.25) is 0 Å². The summed E-state index contributed by atoms with van der Waals surface area (Å²) in [5, 5.41) is 17.2. The molecule has 1 aliphatic carbocycles. The molecule has 7 rings (SSSR count). The number of rotatable bonds is 15. The third kappa shape index (κ3) is 9.97. The second-order valence-corrected chi connectivity index (χ2v) is 18.1. The van der Waals surface area contributed by atoms with Crippen molar-refractivity contribution < 1.29 is 9.53 Å². The standard InChI is InChI=1S/C55H66N4O2/c1-10-55(8,9)54(60)61-50-19-15-14-18-49(50)59-48-29-28-47(45-16-12-13-17-46(45)48)51(41-20-24-43(25-21-41)57-52-36(4)30-35(3)31-37(52)5)42-22-26-44(27-23-42)58-53-38(6)32-40(33-39(53)7)34-56-11-2/h12-13,16-17,20-33,49-51,56-59H,10-11,14-15,18-19,34H2,1-9H3. The zero-order valence-electron chi connectivity index (χ0n) is 37.9. The van der Waals surface area contributed by atoms with Crippen molar-refractivity contribution in [2.75, 3.05) is 22.5 Å². The van der Waals surface area contributed by atoms with Crippen molar-refractivity contribution in [1.29, 1.82) is 0 Å². The van der Waals surface area contributed by atoms with E-state index in [0.29, 0.717) is 0 Å². The maximum absolute atomic E-state index is 13.2. The van der Waals surface area contributed by atoms with Crippen molar-refractivity contribution in [3.8, 4) is 0 Å². The molecule has 0 spiro atoms. The van der Waals surface area contributed by atoms with Crippen molar-refractivity contribution in [1.82, 2.24) is 5.32 Å². The van der Waals surface area contributed by atoms with Gasteiger partial charge in [0.1, 0.15) is 6.10 Å². The zero-order valence-corrected chi connectivity index (χ0v) is 37.9. The molecule has 0 aliphatic heterocycles. The smallest absolute Gasteiger partial charge is 0.311 e. The molecule has 1 fully saturated rings. The fourth-order valence-corrected chi connectivity index (χ4v) is 9.10. The molecule has 0 bridgehead atoms. The maximum atomic E-state index is 13.2. The quantitative estimate of drug-likeness (QED) is 0.0611. The number of benzene rings is 6. The molecule has 0 aromatic heterocycles. The molecule has 61 heavy (non-hydrogen) atoms. The van der Waals surface area contributed by atoms with Crippen LogP contribution in [0, 0.1) is 40.0 Å². The number of ether oxygens (including phenoxy) is 1. The number of hydrogen-bond donors (Lipinski definition) is 4. The van der Waals surface area contributed by atoms with Gasteiger partial charge in [-0.3, -0.25) is 4.79 Å². The number of fused-ring (bicyclic) bond motifs is 1. The van der Waals surface area contributed by atoms with Crippen molar-refractivity contribution in [2.24, 2.45) is 5.41 Å². The van der Waals surface area contributed by atoms with Crippen LogP contribution in [-0.2, 0) is 16.1 Å². The molecular formula is C55H66N4O2. The first-order valence-corrected chi connectivity index (χ1v) is 22.5. The lowest BCUT2D eigenvalue weighted by atomic mass is 9.82. The van der Waals surface area contributed by atoms with E-state index in [1.807, 2.05) is 13.8 Å². The monoisotopic (exact) mass is 815 g/mol. The number of esters is 1. The molecule has 0 amide bonds. The predicted octanol–water partition coefficient (Wildman–Crippen LogP) is 13.9. The Kier molecular flexibility index (Phi) is 13.5. The maximum Gasteiger partial charge on any atom is 0.311 e. The van der Waals surface area contributed by atoms with Crippen LogP contribution < -0.4 is 21.3 Å². The minimum atomic E-state index is -0.498. The fraction of sp³-hybridized carbons (Fsp3) is 0.364. The molecule has 318 valence electrons. The highest BCUT2D eigenvalue weighted by molar-refractivity contribution is 5.97. The van der Waals surface area contributed by atoms with E-state index in [1.54, 1.807) is 0 Å². The van der Waals surface area contributed by atoms with Gasteiger partial charge in [-0.1, -0.05) is 105 Å². The van der Waals surface area contributed by atoms with Gasteiger partial charge in [0, 0.05) is 46.3 Å². The van der Waals surface area contributed by atoms with E-state index in [1.165, 1.54) is 60.8 Å². The van der Waals surface area contributed by atoms with E-state index >= 15 is 0 Å². The highest BCUT2D eigenvalue weighted by atomic mass is 16.5. The van der Waals surface area contributed by atoms with Crippen LogP contribution in [0.3, 0.4) is 0 Å². The first-order chi connectivity index (χ1) is 29.3. The lowest BCUT2D eigenvalue weighted by molar-refractivity contribution is -0.161. The second kappa shape index (κ2) is 19.0. The Morgan fingerprint density at radius 1 is 0.689 bits per heavy atom. The molecule has 3 atom stereocenters. The van der Waals surface area contributed by atoms with E-state index in [9.17, 15) is 4.79 Å². The van der Waals surface area contributed by atoms with Crippen LogP contribution in [-0.4, -0.2) is 24.7 Å². The summed E-state index contributed by atoms with van der Waals surface area (Å²) >= 11 is 0. The van der Waals surface area contributed by atoms with Crippen LogP contribution in [0.15, 0.2) is 109 Å². The van der Waals surface area contributed by atoms with Crippen LogP contribution in [0.5, 0.6) is 0 Å². The minimum Gasteiger partial charge on any atom is -0.460 e. The van der Waals surface area contributed by atoms with Gasteiger partial charge in [-0.05, 0) is 161 Å². The number of anilines is 5. The summed E-state index contributed by atoms with van der Waals surface area (Å²) in [7, 11) is 0. The van der Waals surface area contributed by atoms with Gasteiger partial charge >= 0.3 is 5.97 Å². The SMILES string of the molecule is CCNCc1cc(C)c(Nc2ccc(C(c3ccc(Nc4c(C)cc(C)cc4C)cc3)c3ccc(NC4CCCCC4OC(=O)C(C)(C)CC)c4ccccc34)cc2)c(C)c1. The van der Waals surface area contributed by atoms with E-state index in [4.69, 9.17) is 4.74 Å². The first kappa shape index (κ1) is 43.5. The summed E-state index contributed by atoms with van der Waals surface area (Å²) in [6, 6.07) is 40.3. The topological polar surface area (TPSA) is 74.4 Å². The fourth-order valence-electron chi connectivity index (χ4n) is 9.10. The summed E-state index contributed by atoms with van der Waals surface area (Å²) in [4.78, 5) is 13.2. The van der Waals surface area contributed by atoms with Gasteiger partial charge in [-0.25, -0.2) is 0 Å². The molecule has 6 heteroatoms. The Hall–Kier alpha value is -5.59. The van der Waals surface area contributed by atoms with Crippen molar-refractivity contribution in [3.63, 3.8) is 0 Å². The highest BCUT2D eigenvalue weighted by Crippen LogP contribution is 2.41. The molecular weight excluding hydrogens is 749 g/mol. The van der Waals surface area contributed by atoms with Gasteiger partial charge in [0.05, 0.1) is 11.5 Å². The Morgan fingerprint density at radius 3 is 1.79 bits per heavy atom. The van der Waals surface area contributed by atoms with E-state index in [2.05, 4.69) is 179 Å². The van der Waals surface area contributed by atoms with E-state index in [-0.39, 0.29) is 24.0 Å². The molecule has 4 N–H and O–H groups in total. The third-order valence-electron chi connectivity index (χ3n) is 12.9. The van der Waals surface area contributed by atoms with Crippen LogP contribution in [0.25, 0.3) is 10.8 Å².